The normalized spacial score (nSPS) is 12.8. The predicted octanol–water partition coefficient (Wildman–Crippen LogP) is 2.22. The zero-order valence-electron chi connectivity index (χ0n) is 9.91. The molecule has 96 valence electrons. The second kappa shape index (κ2) is 6.79. The third kappa shape index (κ3) is 4.89. The summed E-state index contributed by atoms with van der Waals surface area (Å²) >= 11 is 5.60. The molecule has 5 heteroatoms. The summed E-state index contributed by atoms with van der Waals surface area (Å²) < 4.78 is 18.6. The van der Waals surface area contributed by atoms with E-state index in [1.807, 2.05) is 13.8 Å². The summed E-state index contributed by atoms with van der Waals surface area (Å²) in [7, 11) is 0. The number of aliphatic hydroxyl groups is 1. The van der Waals surface area contributed by atoms with Crippen LogP contribution in [0.4, 0.5) is 4.39 Å². The van der Waals surface area contributed by atoms with Gasteiger partial charge in [0.05, 0.1) is 5.02 Å². The Morgan fingerprint density at radius 1 is 1.47 bits per heavy atom. The van der Waals surface area contributed by atoms with E-state index in [4.69, 9.17) is 16.3 Å². The fourth-order valence-electron chi connectivity index (χ4n) is 1.21. The molecule has 1 aromatic carbocycles. The third-order valence-electron chi connectivity index (χ3n) is 2.11. The summed E-state index contributed by atoms with van der Waals surface area (Å²) in [6.07, 6.45) is -0.684. The van der Waals surface area contributed by atoms with Crippen LogP contribution in [0.25, 0.3) is 0 Å². The lowest BCUT2D eigenvalue weighted by molar-refractivity contribution is 0.102. The average Bonchev–Trinajstić information content (AvgIpc) is 2.28. The molecule has 1 aromatic rings. The monoisotopic (exact) mass is 261 g/mol. The number of rotatable bonds is 6. The summed E-state index contributed by atoms with van der Waals surface area (Å²) in [4.78, 5) is 0. The Kier molecular flexibility index (Phi) is 5.68. The van der Waals surface area contributed by atoms with Gasteiger partial charge >= 0.3 is 0 Å². The number of ether oxygens (including phenoxy) is 1. The van der Waals surface area contributed by atoms with Crippen LogP contribution in [0.1, 0.15) is 13.8 Å². The second-order valence-electron chi connectivity index (χ2n) is 4.08. The van der Waals surface area contributed by atoms with E-state index in [0.29, 0.717) is 6.54 Å². The molecular formula is C12H17ClFNO2. The van der Waals surface area contributed by atoms with Gasteiger partial charge in [-0.2, -0.15) is 0 Å². The van der Waals surface area contributed by atoms with Crippen LogP contribution in [0.2, 0.25) is 5.02 Å². The number of aliphatic hydroxyl groups excluding tert-OH is 1. The van der Waals surface area contributed by atoms with Gasteiger partial charge < -0.3 is 15.2 Å². The number of benzene rings is 1. The van der Waals surface area contributed by atoms with Gasteiger partial charge in [0.2, 0.25) is 0 Å². The van der Waals surface area contributed by atoms with Gasteiger partial charge in [-0.3, -0.25) is 0 Å². The number of nitrogens with one attached hydrogen (secondary N) is 1. The Morgan fingerprint density at radius 3 is 2.82 bits per heavy atom. The molecule has 0 aromatic heterocycles. The lowest BCUT2D eigenvalue weighted by Gasteiger charge is -2.15. The highest BCUT2D eigenvalue weighted by Gasteiger charge is 2.10. The van der Waals surface area contributed by atoms with Crippen LogP contribution in [0.3, 0.4) is 0 Å². The zero-order chi connectivity index (χ0) is 12.8. The van der Waals surface area contributed by atoms with Crippen molar-refractivity contribution in [1.82, 2.24) is 5.32 Å². The van der Waals surface area contributed by atoms with Crippen molar-refractivity contribution in [3.63, 3.8) is 0 Å². The standard InChI is InChI=1S/C12H17ClFNO2/c1-8(2)15-6-9(16)7-17-11-5-3-4-10(13)12(11)14/h3-5,8-9,15-16H,6-7H2,1-2H3. The quantitative estimate of drug-likeness (QED) is 0.825. The Morgan fingerprint density at radius 2 is 2.18 bits per heavy atom. The molecule has 0 aliphatic rings. The molecule has 0 amide bonds. The topological polar surface area (TPSA) is 41.5 Å². The molecule has 0 bridgehead atoms. The second-order valence-corrected chi connectivity index (χ2v) is 4.49. The molecule has 3 nitrogen and oxygen atoms in total. The minimum absolute atomic E-state index is 0.0114. The van der Waals surface area contributed by atoms with Gasteiger partial charge in [-0.15, -0.1) is 0 Å². The molecule has 0 saturated carbocycles. The van der Waals surface area contributed by atoms with E-state index in [0.717, 1.165) is 0 Å². The van der Waals surface area contributed by atoms with Crippen molar-refractivity contribution in [1.29, 1.82) is 0 Å². The maximum atomic E-state index is 13.4. The van der Waals surface area contributed by atoms with E-state index in [2.05, 4.69) is 5.32 Å². The van der Waals surface area contributed by atoms with Gasteiger partial charge in [0.1, 0.15) is 12.7 Å². The van der Waals surface area contributed by atoms with E-state index in [1.165, 1.54) is 12.1 Å². The van der Waals surface area contributed by atoms with E-state index in [1.54, 1.807) is 6.07 Å². The lowest BCUT2D eigenvalue weighted by atomic mass is 10.3. The van der Waals surface area contributed by atoms with Crippen LogP contribution in [-0.2, 0) is 0 Å². The summed E-state index contributed by atoms with van der Waals surface area (Å²) in [6, 6.07) is 4.80. The van der Waals surface area contributed by atoms with Crippen LogP contribution < -0.4 is 10.1 Å². The Labute approximate surface area is 106 Å². The van der Waals surface area contributed by atoms with Crippen LogP contribution >= 0.6 is 11.6 Å². The highest BCUT2D eigenvalue weighted by molar-refractivity contribution is 6.30. The fourth-order valence-corrected chi connectivity index (χ4v) is 1.38. The van der Waals surface area contributed by atoms with E-state index in [9.17, 15) is 9.50 Å². The van der Waals surface area contributed by atoms with Crippen molar-refractivity contribution in [2.24, 2.45) is 0 Å². The van der Waals surface area contributed by atoms with E-state index < -0.39 is 11.9 Å². The molecule has 1 unspecified atom stereocenters. The minimum Gasteiger partial charge on any atom is -0.488 e. The van der Waals surface area contributed by atoms with Gasteiger partial charge in [-0.05, 0) is 12.1 Å². The maximum absolute atomic E-state index is 13.4. The van der Waals surface area contributed by atoms with E-state index in [-0.39, 0.29) is 23.4 Å². The summed E-state index contributed by atoms with van der Waals surface area (Å²) in [5, 5.41) is 12.6. The first-order valence-electron chi connectivity index (χ1n) is 5.49. The highest BCUT2D eigenvalue weighted by atomic mass is 35.5. The van der Waals surface area contributed by atoms with Crippen LogP contribution in [0.15, 0.2) is 18.2 Å². The summed E-state index contributed by atoms with van der Waals surface area (Å²) in [5.74, 6) is -0.542. The SMILES string of the molecule is CC(C)NCC(O)COc1cccc(Cl)c1F. The molecule has 2 N–H and O–H groups in total. The van der Waals surface area contributed by atoms with Crippen molar-refractivity contribution in [3.05, 3.63) is 29.0 Å². The highest BCUT2D eigenvalue weighted by Crippen LogP contribution is 2.23. The smallest absolute Gasteiger partial charge is 0.183 e. The zero-order valence-corrected chi connectivity index (χ0v) is 10.7. The van der Waals surface area contributed by atoms with Crippen molar-refractivity contribution >= 4 is 11.6 Å². The number of halogens is 2. The predicted molar refractivity (Wildman–Crippen MR) is 66.1 cm³/mol. The third-order valence-corrected chi connectivity index (χ3v) is 2.40. The molecule has 1 rings (SSSR count). The Balaban J connectivity index is 2.42. The van der Waals surface area contributed by atoms with Crippen molar-refractivity contribution < 1.29 is 14.2 Å². The fraction of sp³-hybridized carbons (Fsp3) is 0.500. The average molecular weight is 262 g/mol. The molecular weight excluding hydrogens is 245 g/mol. The molecule has 17 heavy (non-hydrogen) atoms. The summed E-state index contributed by atoms with van der Waals surface area (Å²) in [6.45, 7) is 4.38. The largest absolute Gasteiger partial charge is 0.488 e. The van der Waals surface area contributed by atoms with E-state index >= 15 is 0 Å². The van der Waals surface area contributed by atoms with Gasteiger partial charge in [0.25, 0.3) is 0 Å². The lowest BCUT2D eigenvalue weighted by Crippen LogP contribution is -2.35. The molecule has 0 spiro atoms. The van der Waals surface area contributed by atoms with Crippen LogP contribution in [-0.4, -0.2) is 30.4 Å². The molecule has 0 heterocycles. The van der Waals surface area contributed by atoms with Gasteiger partial charge in [0.15, 0.2) is 11.6 Å². The van der Waals surface area contributed by atoms with Crippen molar-refractivity contribution in [3.8, 4) is 5.75 Å². The molecule has 0 aliphatic carbocycles. The first-order valence-corrected chi connectivity index (χ1v) is 5.86. The molecule has 0 radical (unpaired) electrons. The van der Waals surface area contributed by atoms with Crippen LogP contribution in [0, 0.1) is 5.82 Å². The van der Waals surface area contributed by atoms with Crippen LogP contribution in [0.5, 0.6) is 5.75 Å². The maximum Gasteiger partial charge on any atom is 0.183 e. The number of hydrogen-bond acceptors (Lipinski definition) is 3. The Bertz CT molecular complexity index is 360. The number of hydrogen-bond donors (Lipinski definition) is 2. The van der Waals surface area contributed by atoms with Crippen molar-refractivity contribution in [2.45, 2.75) is 26.0 Å². The van der Waals surface area contributed by atoms with Gasteiger partial charge in [-0.1, -0.05) is 31.5 Å². The minimum atomic E-state index is -0.684. The van der Waals surface area contributed by atoms with Gasteiger partial charge in [-0.25, -0.2) is 4.39 Å². The molecule has 0 saturated heterocycles. The molecule has 0 fully saturated rings. The van der Waals surface area contributed by atoms with Crippen molar-refractivity contribution in [2.75, 3.05) is 13.2 Å². The van der Waals surface area contributed by atoms with Gasteiger partial charge in [0, 0.05) is 12.6 Å². The molecule has 1 atom stereocenters. The molecule has 0 aliphatic heterocycles. The first-order chi connectivity index (χ1) is 8.00. The Hall–Kier alpha value is -0.840. The first kappa shape index (κ1) is 14.2. The summed E-state index contributed by atoms with van der Waals surface area (Å²) in [5.41, 5.74) is 0.